The summed E-state index contributed by atoms with van der Waals surface area (Å²) in [7, 11) is 0. The summed E-state index contributed by atoms with van der Waals surface area (Å²) in [5.41, 5.74) is 2.73. The van der Waals surface area contributed by atoms with Crippen molar-refractivity contribution >= 4 is 16.7 Å². The third kappa shape index (κ3) is 4.18. The average Bonchev–Trinajstić information content (AvgIpc) is 3.08. The number of pyridine rings is 1. The van der Waals surface area contributed by atoms with Crippen molar-refractivity contribution in [2.45, 2.75) is 32.3 Å². The van der Waals surface area contributed by atoms with Crippen molar-refractivity contribution in [3.05, 3.63) is 59.5 Å². The maximum Gasteiger partial charge on any atom is 0.196 e. The number of fused-ring (bicyclic) bond motifs is 1. The van der Waals surface area contributed by atoms with Crippen LogP contribution in [0.25, 0.3) is 10.9 Å². The number of ether oxygens (including phenoxy) is 1. The molecule has 2 heterocycles. The summed E-state index contributed by atoms with van der Waals surface area (Å²) < 4.78 is 5.44. The Morgan fingerprint density at radius 1 is 1.26 bits per heavy atom. The van der Waals surface area contributed by atoms with Crippen LogP contribution in [0.5, 0.6) is 5.75 Å². The molecule has 27 heavy (non-hydrogen) atoms. The molecule has 0 aliphatic heterocycles. The van der Waals surface area contributed by atoms with Crippen molar-refractivity contribution in [2.75, 3.05) is 13.2 Å². The number of H-pyrrole nitrogens is 1. The van der Waals surface area contributed by atoms with Gasteiger partial charge in [-0.15, -0.1) is 0 Å². The molecule has 0 aliphatic carbocycles. The minimum atomic E-state index is -0.926. The minimum Gasteiger partial charge on any atom is -0.491 e. The van der Waals surface area contributed by atoms with Crippen LogP contribution in [-0.2, 0) is 5.41 Å². The van der Waals surface area contributed by atoms with Crippen molar-refractivity contribution in [2.24, 2.45) is 0 Å². The first kappa shape index (κ1) is 19.1. The Kier molecular flexibility index (Phi) is 5.30. The second-order valence-electron chi connectivity index (χ2n) is 7.57. The van der Waals surface area contributed by atoms with Gasteiger partial charge in [0.15, 0.2) is 5.78 Å². The van der Waals surface area contributed by atoms with Crippen molar-refractivity contribution in [1.29, 1.82) is 0 Å². The zero-order valence-corrected chi connectivity index (χ0v) is 15.7. The first-order valence-electron chi connectivity index (χ1n) is 8.83. The van der Waals surface area contributed by atoms with Crippen LogP contribution in [0.15, 0.2) is 42.7 Å². The van der Waals surface area contributed by atoms with Gasteiger partial charge in [0.25, 0.3) is 0 Å². The Morgan fingerprint density at radius 2 is 2.04 bits per heavy atom. The van der Waals surface area contributed by atoms with Gasteiger partial charge in [0.2, 0.25) is 0 Å². The quantitative estimate of drug-likeness (QED) is 0.582. The Morgan fingerprint density at radius 3 is 2.67 bits per heavy atom. The number of nitrogens with one attached hydrogen (secondary N) is 1. The molecule has 2 aromatic heterocycles. The number of hydrogen-bond donors (Lipinski definition) is 3. The van der Waals surface area contributed by atoms with Gasteiger partial charge >= 0.3 is 0 Å². The molecular formula is C21H24N2O4. The lowest BCUT2D eigenvalue weighted by Crippen LogP contribution is -2.21. The number of aliphatic hydroxyl groups excluding tert-OH is 2. The molecule has 1 aromatic carbocycles. The lowest BCUT2D eigenvalue weighted by Gasteiger charge is -2.17. The van der Waals surface area contributed by atoms with Crippen molar-refractivity contribution < 1.29 is 19.7 Å². The fourth-order valence-corrected chi connectivity index (χ4v) is 2.76. The van der Waals surface area contributed by atoms with Crippen LogP contribution in [0.1, 0.15) is 42.4 Å². The highest BCUT2D eigenvalue weighted by atomic mass is 16.5. The molecule has 1 atom stereocenters. The van der Waals surface area contributed by atoms with Gasteiger partial charge in [-0.1, -0.05) is 20.8 Å². The molecule has 3 N–H and O–H groups in total. The molecule has 0 bridgehead atoms. The van der Waals surface area contributed by atoms with E-state index in [0.29, 0.717) is 16.9 Å². The van der Waals surface area contributed by atoms with Gasteiger partial charge in [-0.2, -0.15) is 0 Å². The maximum absolute atomic E-state index is 12.9. The number of aromatic nitrogens is 2. The predicted molar refractivity (Wildman–Crippen MR) is 103 cm³/mol. The SMILES string of the molecule is CC(C)(C)c1ccc(C(=O)c2c[nH]c3cc(OCC(O)CO)ccc23)cn1. The number of carbonyl (C=O) groups is 1. The summed E-state index contributed by atoms with van der Waals surface area (Å²) in [6.45, 7) is 5.88. The Bertz CT molecular complexity index is 939. The lowest BCUT2D eigenvalue weighted by atomic mass is 9.91. The van der Waals surface area contributed by atoms with E-state index in [1.165, 1.54) is 0 Å². The third-order valence-electron chi connectivity index (χ3n) is 4.35. The Hall–Kier alpha value is -2.70. The molecule has 3 rings (SSSR count). The van der Waals surface area contributed by atoms with Gasteiger partial charge in [-0.25, -0.2) is 0 Å². The van der Waals surface area contributed by atoms with Gasteiger partial charge in [0.1, 0.15) is 18.5 Å². The zero-order chi connectivity index (χ0) is 19.6. The molecule has 6 nitrogen and oxygen atoms in total. The highest BCUT2D eigenvalue weighted by molar-refractivity contribution is 6.16. The summed E-state index contributed by atoms with van der Waals surface area (Å²) in [5.74, 6) is 0.450. The van der Waals surface area contributed by atoms with Crippen LogP contribution in [-0.4, -0.2) is 45.3 Å². The Balaban J connectivity index is 1.83. The number of hydrogen-bond acceptors (Lipinski definition) is 5. The number of carbonyl (C=O) groups excluding carboxylic acids is 1. The zero-order valence-electron chi connectivity index (χ0n) is 15.7. The predicted octanol–water partition coefficient (Wildman–Crippen LogP) is 2.82. The molecule has 3 aromatic rings. The van der Waals surface area contributed by atoms with Crippen LogP contribution >= 0.6 is 0 Å². The number of ketones is 1. The molecule has 0 aliphatic rings. The fourth-order valence-electron chi connectivity index (χ4n) is 2.76. The standard InChI is InChI=1S/C21H24N2O4/c1-21(2,3)19-7-4-13(9-23-19)20(26)17-10-22-18-8-15(5-6-16(17)18)27-12-14(25)11-24/h4-10,14,22,24-25H,11-12H2,1-3H3. The van der Waals surface area contributed by atoms with Crippen LogP contribution < -0.4 is 4.74 Å². The second kappa shape index (κ2) is 7.50. The highest BCUT2D eigenvalue weighted by Crippen LogP contribution is 2.26. The first-order chi connectivity index (χ1) is 12.8. The van der Waals surface area contributed by atoms with Crippen LogP contribution in [0, 0.1) is 0 Å². The third-order valence-corrected chi connectivity index (χ3v) is 4.35. The van der Waals surface area contributed by atoms with E-state index in [4.69, 9.17) is 9.84 Å². The van der Waals surface area contributed by atoms with E-state index < -0.39 is 6.10 Å². The molecule has 0 fully saturated rings. The normalized spacial score (nSPS) is 12.9. The Labute approximate surface area is 157 Å². The van der Waals surface area contributed by atoms with Crippen molar-refractivity contribution in [3.63, 3.8) is 0 Å². The smallest absolute Gasteiger partial charge is 0.196 e. The van der Waals surface area contributed by atoms with Crippen molar-refractivity contribution in [3.8, 4) is 5.75 Å². The topological polar surface area (TPSA) is 95.4 Å². The van der Waals surface area contributed by atoms with E-state index in [1.807, 2.05) is 12.1 Å². The van der Waals surface area contributed by atoms with E-state index in [2.05, 4.69) is 30.7 Å². The van der Waals surface area contributed by atoms with Gasteiger partial charge in [-0.05, 0) is 24.3 Å². The second-order valence-corrected chi connectivity index (χ2v) is 7.57. The van der Waals surface area contributed by atoms with E-state index >= 15 is 0 Å². The number of nitrogens with zero attached hydrogens (tertiary/aromatic N) is 1. The van der Waals surface area contributed by atoms with E-state index in [-0.39, 0.29) is 24.4 Å². The molecular weight excluding hydrogens is 344 g/mol. The van der Waals surface area contributed by atoms with Gasteiger partial charge in [0, 0.05) is 51.6 Å². The molecule has 0 saturated heterocycles. The maximum atomic E-state index is 12.9. The van der Waals surface area contributed by atoms with Gasteiger partial charge in [0.05, 0.1) is 6.61 Å². The van der Waals surface area contributed by atoms with Crippen molar-refractivity contribution in [1.82, 2.24) is 9.97 Å². The fraction of sp³-hybridized carbons (Fsp3) is 0.333. The number of aliphatic hydroxyl groups is 2. The monoisotopic (exact) mass is 368 g/mol. The number of aromatic amines is 1. The summed E-state index contributed by atoms with van der Waals surface area (Å²) >= 11 is 0. The summed E-state index contributed by atoms with van der Waals surface area (Å²) in [5, 5.41) is 19.0. The molecule has 142 valence electrons. The van der Waals surface area contributed by atoms with Crippen LogP contribution in [0.4, 0.5) is 0 Å². The molecule has 0 spiro atoms. The first-order valence-corrected chi connectivity index (χ1v) is 8.83. The number of benzene rings is 1. The molecule has 0 radical (unpaired) electrons. The number of rotatable bonds is 6. The molecule has 0 amide bonds. The molecule has 6 heteroatoms. The summed E-state index contributed by atoms with van der Waals surface area (Å²) in [6, 6.07) is 8.99. The minimum absolute atomic E-state index is 0.000296. The van der Waals surface area contributed by atoms with Gasteiger partial charge in [-0.3, -0.25) is 9.78 Å². The van der Waals surface area contributed by atoms with Gasteiger partial charge < -0.3 is 19.9 Å². The largest absolute Gasteiger partial charge is 0.491 e. The average molecular weight is 368 g/mol. The van der Waals surface area contributed by atoms with Crippen LogP contribution in [0.2, 0.25) is 0 Å². The van der Waals surface area contributed by atoms with E-state index in [0.717, 1.165) is 16.6 Å². The highest BCUT2D eigenvalue weighted by Gasteiger charge is 2.18. The van der Waals surface area contributed by atoms with E-state index in [9.17, 15) is 9.90 Å². The summed E-state index contributed by atoms with van der Waals surface area (Å²) in [4.78, 5) is 20.4. The lowest BCUT2D eigenvalue weighted by molar-refractivity contribution is 0.0536. The molecule has 1 unspecified atom stereocenters. The molecule has 0 saturated carbocycles. The summed E-state index contributed by atoms with van der Waals surface area (Å²) in [6.07, 6.45) is 2.37. The van der Waals surface area contributed by atoms with Crippen LogP contribution in [0.3, 0.4) is 0 Å². The van der Waals surface area contributed by atoms with E-state index in [1.54, 1.807) is 30.6 Å².